The molecule has 0 bridgehead atoms. The molecule has 2 heterocycles. The number of rotatable bonds is 8. The van der Waals surface area contributed by atoms with E-state index in [4.69, 9.17) is 11.6 Å². The van der Waals surface area contributed by atoms with Crippen LogP contribution >= 0.6 is 22.9 Å². The largest absolute Gasteiger partial charge is 0.480 e. The summed E-state index contributed by atoms with van der Waals surface area (Å²) in [7, 11) is -4.07. The zero-order chi connectivity index (χ0) is 25.3. The van der Waals surface area contributed by atoms with Gasteiger partial charge in [0, 0.05) is 40.3 Å². The number of thiazole rings is 1. The molecule has 2 aromatic heterocycles. The van der Waals surface area contributed by atoms with Gasteiger partial charge < -0.3 is 10.1 Å². The van der Waals surface area contributed by atoms with E-state index in [0.717, 1.165) is 37.5 Å². The molecule has 0 saturated heterocycles. The SMILES string of the molecule is O=C(O)[C@@H](Cc1c[nH]c2ccccc12)NS(=O)(=O)c1ccc(-c2ncc(-c3ccc(Cl)cc3)s2)cc1. The molecule has 0 unspecified atom stereocenters. The lowest BCUT2D eigenvalue weighted by molar-refractivity contribution is -0.138. The van der Waals surface area contributed by atoms with Gasteiger partial charge in [0.15, 0.2) is 0 Å². The second-order valence-corrected chi connectivity index (χ2v) is 11.3. The normalized spacial score (nSPS) is 12.6. The number of benzene rings is 3. The van der Waals surface area contributed by atoms with E-state index < -0.39 is 22.0 Å². The van der Waals surface area contributed by atoms with E-state index in [-0.39, 0.29) is 11.3 Å². The van der Waals surface area contributed by atoms with Gasteiger partial charge in [-0.15, -0.1) is 11.3 Å². The van der Waals surface area contributed by atoms with Crippen molar-refractivity contribution in [2.24, 2.45) is 0 Å². The molecule has 0 aliphatic rings. The molecular weight excluding hydrogens is 518 g/mol. The Bertz CT molecular complexity index is 1640. The molecule has 182 valence electrons. The Morgan fingerprint density at radius 2 is 1.72 bits per heavy atom. The van der Waals surface area contributed by atoms with Crippen LogP contribution in [0.3, 0.4) is 0 Å². The number of nitrogens with zero attached hydrogens (tertiary/aromatic N) is 1. The second-order valence-electron chi connectivity index (χ2n) is 8.14. The summed E-state index contributed by atoms with van der Waals surface area (Å²) in [6.45, 7) is 0. The van der Waals surface area contributed by atoms with Crippen LogP contribution in [0.1, 0.15) is 5.56 Å². The summed E-state index contributed by atoms with van der Waals surface area (Å²) >= 11 is 7.43. The van der Waals surface area contributed by atoms with E-state index >= 15 is 0 Å². The van der Waals surface area contributed by atoms with Crippen molar-refractivity contribution in [2.75, 3.05) is 0 Å². The highest BCUT2D eigenvalue weighted by atomic mass is 35.5. The van der Waals surface area contributed by atoms with E-state index in [2.05, 4.69) is 14.7 Å². The molecule has 0 spiro atoms. The predicted molar refractivity (Wildman–Crippen MR) is 142 cm³/mol. The Morgan fingerprint density at radius 1 is 1.03 bits per heavy atom. The molecule has 5 rings (SSSR count). The molecule has 0 amide bonds. The van der Waals surface area contributed by atoms with E-state index in [1.165, 1.54) is 23.5 Å². The van der Waals surface area contributed by atoms with Crippen LogP contribution in [0.15, 0.2) is 90.1 Å². The lowest BCUT2D eigenvalue weighted by Gasteiger charge is -2.15. The third kappa shape index (κ3) is 5.05. The van der Waals surface area contributed by atoms with E-state index in [1.807, 2.05) is 48.5 Å². The van der Waals surface area contributed by atoms with Crippen molar-refractivity contribution in [3.05, 3.63) is 95.8 Å². The summed E-state index contributed by atoms with van der Waals surface area (Å²) in [6.07, 6.45) is 3.47. The number of hydrogen-bond donors (Lipinski definition) is 3. The summed E-state index contributed by atoms with van der Waals surface area (Å²) in [6, 6.07) is 19.8. The van der Waals surface area contributed by atoms with Crippen molar-refractivity contribution < 1.29 is 18.3 Å². The number of hydrogen-bond acceptors (Lipinski definition) is 5. The molecular formula is C26H20ClN3O4S2. The van der Waals surface area contributed by atoms with Gasteiger partial charge in [0.25, 0.3) is 0 Å². The monoisotopic (exact) mass is 537 g/mol. The number of fused-ring (bicyclic) bond motifs is 1. The number of H-pyrrole nitrogens is 1. The fourth-order valence-corrected chi connectivity index (χ4v) is 6.13. The summed E-state index contributed by atoms with van der Waals surface area (Å²) in [5.41, 5.74) is 3.32. The van der Waals surface area contributed by atoms with Crippen molar-refractivity contribution >= 4 is 49.8 Å². The van der Waals surface area contributed by atoms with Crippen LogP contribution in [0, 0.1) is 0 Å². The standard InChI is InChI=1S/C26H20ClN3O4S2/c27-19-9-5-16(6-10-19)24-15-29-25(35-24)17-7-11-20(12-8-17)36(33,34)30-23(26(31)32)13-18-14-28-22-4-2-1-3-21(18)22/h1-12,14-15,23,28,30H,13H2,(H,31,32)/t23-/m1/s1. The van der Waals surface area contributed by atoms with Gasteiger partial charge in [-0.1, -0.05) is 54.1 Å². The van der Waals surface area contributed by atoms with Crippen molar-refractivity contribution in [3.8, 4) is 21.0 Å². The van der Waals surface area contributed by atoms with Crippen molar-refractivity contribution in [2.45, 2.75) is 17.4 Å². The maximum Gasteiger partial charge on any atom is 0.322 e. The van der Waals surface area contributed by atoms with Crippen molar-refractivity contribution in [3.63, 3.8) is 0 Å². The number of sulfonamides is 1. The predicted octanol–water partition coefficient (Wildman–Crippen LogP) is 5.59. The van der Waals surface area contributed by atoms with Gasteiger partial charge in [0.05, 0.1) is 9.77 Å². The number of carboxylic acids is 1. The van der Waals surface area contributed by atoms with Gasteiger partial charge in [-0.05, 0) is 41.5 Å². The first kappa shape index (κ1) is 24.2. The fourth-order valence-electron chi connectivity index (χ4n) is 3.89. The first-order chi connectivity index (χ1) is 17.3. The van der Waals surface area contributed by atoms with Crippen LogP contribution in [0.25, 0.3) is 31.9 Å². The van der Waals surface area contributed by atoms with Crippen LogP contribution in [0.4, 0.5) is 0 Å². The van der Waals surface area contributed by atoms with Crippen LogP contribution in [0.2, 0.25) is 5.02 Å². The summed E-state index contributed by atoms with van der Waals surface area (Å²) in [4.78, 5) is 20.4. The van der Waals surface area contributed by atoms with Gasteiger partial charge in [-0.2, -0.15) is 4.72 Å². The van der Waals surface area contributed by atoms with Gasteiger partial charge in [-0.3, -0.25) is 4.79 Å². The number of aromatic amines is 1. The number of aromatic nitrogens is 2. The number of para-hydroxylation sites is 1. The molecule has 7 nitrogen and oxygen atoms in total. The van der Waals surface area contributed by atoms with Gasteiger partial charge >= 0.3 is 5.97 Å². The smallest absolute Gasteiger partial charge is 0.322 e. The average Bonchev–Trinajstić information content (AvgIpc) is 3.52. The quantitative estimate of drug-likeness (QED) is 0.239. The molecule has 0 aliphatic carbocycles. The topological polar surface area (TPSA) is 112 Å². The molecule has 3 aromatic carbocycles. The number of nitrogens with one attached hydrogen (secondary N) is 2. The maximum absolute atomic E-state index is 13.0. The highest BCUT2D eigenvalue weighted by Gasteiger charge is 2.26. The zero-order valence-electron chi connectivity index (χ0n) is 18.7. The molecule has 36 heavy (non-hydrogen) atoms. The Hall–Kier alpha value is -3.50. The molecule has 5 aromatic rings. The first-order valence-corrected chi connectivity index (χ1v) is 13.6. The van der Waals surface area contributed by atoms with Crippen LogP contribution in [-0.2, 0) is 21.2 Å². The molecule has 0 saturated carbocycles. The van der Waals surface area contributed by atoms with E-state index in [1.54, 1.807) is 24.5 Å². The highest BCUT2D eigenvalue weighted by Crippen LogP contribution is 2.33. The maximum atomic E-state index is 13.0. The molecule has 1 atom stereocenters. The summed E-state index contributed by atoms with van der Waals surface area (Å²) in [5.74, 6) is -1.25. The van der Waals surface area contributed by atoms with Crippen molar-refractivity contribution in [1.29, 1.82) is 0 Å². The minimum absolute atomic E-state index is 0.00322. The average molecular weight is 538 g/mol. The Morgan fingerprint density at radius 3 is 2.44 bits per heavy atom. The minimum Gasteiger partial charge on any atom is -0.480 e. The number of carbonyl (C=O) groups is 1. The van der Waals surface area contributed by atoms with Gasteiger partial charge in [0.1, 0.15) is 11.0 Å². The lowest BCUT2D eigenvalue weighted by atomic mass is 10.1. The van der Waals surface area contributed by atoms with E-state index in [9.17, 15) is 18.3 Å². The lowest BCUT2D eigenvalue weighted by Crippen LogP contribution is -2.42. The molecule has 0 radical (unpaired) electrons. The Labute approximate surface area is 216 Å². The zero-order valence-corrected chi connectivity index (χ0v) is 21.1. The minimum atomic E-state index is -4.07. The molecule has 0 fully saturated rings. The number of carboxylic acid groups (broad SMARTS) is 1. The van der Waals surface area contributed by atoms with Gasteiger partial charge in [-0.25, -0.2) is 13.4 Å². The third-order valence-electron chi connectivity index (χ3n) is 5.74. The van der Waals surface area contributed by atoms with Crippen molar-refractivity contribution in [1.82, 2.24) is 14.7 Å². The molecule has 0 aliphatic heterocycles. The number of aliphatic carboxylic acids is 1. The van der Waals surface area contributed by atoms with Crippen LogP contribution in [0.5, 0.6) is 0 Å². The second kappa shape index (κ2) is 9.87. The van der Waals surface area contributed by atoms with Gasteiger partial charge in [0.2, 0.25) is 10.0 Å². The summed E-state index contributed by atoms with van der Waals surface area (Å²) < 4.78 is 28.3. The first-order valence-electron chi connectivity index (χ1n) is 10.9. The van der Waals surface area contributed by atoms with Crippen LogP contribution < -0.4 is 4.72 Å². The van der Waals surface area contributed by atoms with Crippen LogP contribution in [-0.4, -0.2) is 35.5 Å². The third-order valence-corrected chi connectivity index (χ3v) is 8.58. The fraction of sp³-hybridized carbons (Fsp3) is 0.0769. The molecule has 10 heteroatoms. The van der Waals surface area contributed by atoms with E-state index in [0.29, 0.717) is 5.02 Å². The summed E-state index contributed by atoms with van der Waals surface area (Å²) in [5, 5.41) is 12.0. The molecule has 3 N–H and O–H groups in total. The highest BCUT2D eigenvalue weighted by molar-refractivity contribution is 7.89. The Balaban J connectivity index is 1.33. The number of halogens is 1. The Kier molecular flexibility index (Phi) is 6.63.